The molecule has 1 spiro atoms. The second kappa shape index (κ2) is 4.51. The smallest absolute Gasteiger partial charge is 0.258 e. The molecule has 0 aromatic heterocycles. The summed E-state index contributed by atoms with van der Waals surface area (Å²) in [6.07, 6.45) is 1.23. The number of carbonyl (C=O) groups is 2. The summed E-state index contributed by atoms with van der Waals surface area (Å²) in [4.78, 5) is 25.4. The van der Waals surface area contributed by atoms with E-state index < -0.39 is 5.72 Å². The highest BCUT2D eigenvalue weighted by atomic mass is 16.5. The molecule has 0 unspecified atom stereocenters. The predicted molar refractivity (Wildman–Crippen MR) is 73.5 cm³/mol. The van der Waals surface area contributed by atoms with Crippen LogP contribution in [-0.2, 0) is 4.79 Å². The van der Waals surface area contributed by atoms with Crippen molar-refractivity contribution in [2.24, 2.45) is 0 Å². The van der Waals surface area contributed by atoms with Crippen LogP contribution in [0.4, 0.5) is 0 Å². The normalized spacial score (nSPS) is 20.1. The van der Waals surface area contributed by atoms with Gasteiger partial charge < -0.3 is 15.0 Å². The van der Waals surface area contributed by atoms with Crippen molar-refractivity contribution in [3.63, 3.8) is 0 Å². The number of fused-ring (bicyclic) bond motifs is 1. The summed E-state index contributed by atoms with van der Waals surface area (Å²) in [6.45, 7) is 4.72. The van der Waals surface area contributed by atoms with Gasteiger partial charge >= 0.3 is 0 Å². The van der Waals surface area contributed by atoms with E-state index in [4.69, 9.17) is 4.74 Å². The number of likely N-dealkylation sites (tertiary alicyclic amines) is 1. The molecule has 2 aliphatic rings. The Balaban J connectivity index is 1.87. The molecule has 1 aromatic rings. The number of piperidine rings is 1. The number of amides is 2. The number of ether oxygens (including phenoxy) is 1. The molecule has 0 radical (unpaired) electrons. The summed E-state index contributed by atoms with van der Waals surface area (Å²) in [6, 6.07) is 5.57. The lowest BCUT2D eigenvalue weighted by Crippen LogP contribution is -2.61. The molecule has 1 fully saturated rings. The standard InChI is InChI=1S/C15H18N2O3/c1-10-4-3-5-12-13(10)20-15(16-14(12)19)6-8-17(9-7-15)11(2)18/h3-5H,6-9H2,1-2H3,(H,16,19). The van der Waals surface area contributed by atoms with E-state index in [2.05, 4.69) is 5.32 Å². The maximum absolute atomic E-state index is 12.3. The van der Waals surface area contributed by atoms with Crippen LogP contribution in [0.2, 0.25) is 0 Å². The third-order valence-corrected chi connectivity index (χ3v) is 4.11. The SMILES string of the molecule is CC(=O)N1CCC2(CC1)NC(=O)c1cccc(C)c1O2. The Hall–Kier alpha value is -2.04. The minimum atomic E-state index is -0.665. The van der Waals surface area contributed by atoms with Gasteiger partial charge in [-0.05, 0) is 18.6 Å². The zero-order chi connectivity index (χ0) is 14.3. The number of rotatable bonds is 0. The van der Waals surface area contributed by atoms with Crippen LogP contribution >= 0.6 is 0 Å². The Morgan fingerprint density at radius 3 is 2.70 bits per heavy atom. The van der Waals surface area contributed by atoms with E-state index in [9.17, 15) is 9.59 Å². The zero-order valence-corrected chi connectivity index (χ0v) is 11.7. The van der Waals surface area contributed by atoms with Crippen molar-refractivity contribution in [1.82, 2.24) is 10.2 Å². The molecule has 5 nitrogen and oxygen atoms in total. The van der Waals surface area contributed by atoms with Crippen LogP contribution in [-0.4, -0.2) is 35.5 Å². The summed E-state index contributed by atoms with van der Waals surface area (Å²) in [7, 11) is 0. The van der Waals surface area contributed by atoms with Gasteiger partial charge in [0.05, 0.1) is 5.56 Å². The molecule has 0 atom stereocenters. The summed E-state index contributed by atoms with van der Waals surface area (Å²) >= 11 is 0. The number of aryl methyl sites for hydroxylation is 1. The topological polar surface area (TPSA) is 58.6 Å². The molecule has 2 amide bonds. The third kappa shape index (κ3) is 2.03. The number of hydrogen-bond acceptors (Lipinski definition) is 3. The minimum absolute atomic E-state index is 0.0681. The van der Waals surface area contributed by atoms with E-state index in [0.717, 1.165) is 5.56 Å². The molecule has 3 rings (SSSR count). The number of para-hydroxylation sites is 1. The summed E-state index contributed by atoms with van der Waals surface area (Å²) in [5.41, 5.74) is 0.887. The van der Waals surface area contributed by atoms with E-state index in [1.807, 2.05) is 19.1 Å². The molecular formula is C15H18N2O3. The van der Waals surface area contributed by atoms with E-state index in [-0.39, 0.29) is 11.8 Å². The predicted octanol–water partition coefficient (Wildman–Crippen LogP) is 1.46. The number of benzene rings is 1. The van der Waals surface area contributed by atoms with Gasteiger partial charge in [-0.25, -0.2) is 0 Å². The van der Waals surface area contributed by atoms with E-state index in [1.54, 1.807) is 17.9 Å². The lowest BCUT2D eigenvalue weighted by atomic mass is 9.96. The Morgan fingerprint density at radius 2 is 2.05 bits per heavy atom. The molecule has 0 saturated carbocycles. The maximum atomic E-state index is 12.3. The van der Waals surface area contributed by atoms with Crippen molar-refractivity contribution in [3.05, 3.63) is 29.3 Å². The van der Waals surface area contributed by atoms with Crippen LogP contribution in [0.3, 0.4) is 0 Å². The van der Waals surface area contributed by atoms with Gasteiger partial charge in [0.25, 0.3) is 5.91 Å². The Kier molecular flexibility index (Phi) is 2.92. The van der Waals surface area contributed by atoms with E-state index in [0.29, 0.717) is 37.2 Å². The number of hydrogen-bond donors (Lipinski definition) is 1. The van der Waals surface area contributed by atoms with Crippen LogP contribution in [0.5, 0.6) is 5.75 Å². The van der Waals surface area contributed by atoms with Crippen molar-refractivity contribution >= 4 is 11.8 Å². The van der Waals surface area contributed by atoms with Crippen LogP contribution < -0.4 is 10.1 Å². The second-order valence-corrected chi connectivity index (χ2v) is 5.51. The molecule has 106 valence electrons. The van der Waals surface area contributed by atoms with Crippen molar-refractivity contribution in [1.29, 1.82) is 0 Å². The Bertz CT molecular complexity index is 574. The monoisotopic (exact) mass is 274 g/mol. The van der Waals surface area contributed by atoms with Crippen LogP contribution in [0.25, 0.3) is 0 Å². The molecule has 1 N–H and O–H groups in total. The minimum Gasteiger partial charge on any atom is -0.467 e. The van der Waals surface area contributed by atoms with Crippen LogP contribution in [0.1, 0.15) is 35.7 Å². The lowest BCUT2D eigenvalue weighted by Gasteiger charge is -2.44. The second-order valence-electron chi connectivity index (χ2n) is 5.51. The highest BCUT2D eigenvalue weighted by Crippen LogP contribution is 2.35. The van der Waals surface area contributed by atoms with Gasteiger partial charge in [0, 0.05) is 32.9 Å². The Labute approximate surface area is 117 Å². The fourth-order valence-electron chi connectivity index (χ4n) is 2.87. The molecule has 1 aromatic carbocycles. The average Bonchev–Trinajstić information content (AvgIpc) is 2.41. The first-order valence-electron chi connectivity index (χ1n) is 6.87. The lowest BCUT2D eigenvalue weighted by molar-refractivity contribution is -0.133. The molecular weight excluding hydrogens is 256 g/mol. The Morgan fingerprint density at radius 1 is 1.35 bits per heavy atom. The zero-order valence-electron chi connectivity index (χ0n) is 11.7. The van der Waals surface area contributed by atoms with Gasteiger partial charge in [0.2, 0.25) is 5.91 Å². The van der Waals surface area contributed by atoms with Gasteiger partial charge in [-0.2, -0.15) is 0 Å². The molecule has 5 heteroatoms. The highest BCUT2D eigenvalue weighted by Gasteiger charge is 2.43. The summed E-state index contributed by atoms with van der Waals surface area (Å²) in [5, 5.41) is 2.98. The molecule has 1 saturated heterocycles. The molecule has 2 aliphatic heterocycles. The van der Waals surface area contributed by atoms with Crippen molar-refractivity contribution in [2.75, 3.05) is 13.1 Å². The van der Waals surface area contributed by atoms with Gasteiger partial charge in [-0.15, -0.1) is 0 Å². The van der Waals surface area contributed by atoms with Gasteiger partial charge in [-0.3, -0.25) is 9.59 Å². The molecule has 2 heterocycles. The molecule has 0 bridgehead atoms. The van der Waals surface area contributed by atoms with E-state index >= 15 is 0 Å². The quantitative estimate of drug-likeness (QED) is 0.779. The highest BCUT2D eigenvalue weighted by molar-refractivity contribution is 5.98. The molecule has 0 aliphatic carbocycles. The molecule has 20 heavy (non-hydrogen) atoms. The fraction of sp³-hybridized carbons (Fsp3) is 0.467. The maximum Gasteiger partial charge on any atom is 0.258 e. The number of nitrogens with zero attached hydrogens (tertiary/aromatic N) is 1. The van der Waals surface area contributed by atoms with Gasteiger partial charge in [0.15, 0.2) is 5.72 Å². The van der Waals surface area contributed by atoms with Gasteiger partial charge in [-0.1, -0.05) is 12.1 Å². The average molecular weight is 274 g/mol. The summed E-state index contributed by atoms with van der Waals surface area (Å²) < 4.78 is 6.12. The largest absolute Gasteiger partial charge is 0.467 e. The number of nitrogens with one attached hydrogen (secondary N) is 1. The third-order valence-electron chi connectivity index (χ3n) is 4.11. The van der Waals surface area contributed by atoms with Crippen molar-refractivity contribution in [3.8, 4) is 5.75 Å². The van der Waals surface area contributed by atoms with Crippen LogP contribution in [0.15, 0.2) is 18.2 Å². The van der Waals surface area contributed by atoms with E-state index in [1.165, 1.54) is 0 Å². The first-order valence-corrected chi connectivity index (χ1v) is 6.87. The van der Waals surface area contributed by atoms with Crippen LogP contribution in [0, 0.1) is 6.92 Å². The van der Waals surface area contributed by atoms with Gasteiger partial charge in [0.1, 0.15) is 5.75 Å². The first kappa shape index (κ1) is 13.0. The van der Waals surface area contributed by atoms with Crippen molar-refractivity contribution < 1.29 is 14.3 Å². The number of carbonyl (C=O) groups excluding carboxylic acids is 2. The summed E-state index contributed by atoms with van der Waals surface area (Å²) in [5.74, 6) is 0.650. The fourth-order valence-corrected chi connectivity index (χ4v) is 2.87. The first-order chi connectivity index (χ1) is 9.51. The van der Waals surface area contributed by atoms with Crippen molar-refractivity contribution in [2.45, 2.75) is 32.4 Å².